The van der Waals surface area contributed by atoms with Crippen LogP contribution in [0.3, 0.4) is 0 Å². The molecule has 0 amide bonds. The van der Waals surface area contributed by atoms with E-state index >= 15 is 0 Å². The highest BCUT2D eigenvalue weighted by atomic mass is 32.1. The molecule has 230 valence electrons. The third kappa shape index (κ3) is 3.88. The van der Waals surface area contributed by atoms with E-state index in [1.807, 2.05) is 0 Å². The van der Waals surface area contributed by atoms with Gasteiger partial charge < -0.3 is 9.88 Å². The van der Waals surface area contributed by atoms with Crippen LogP contribution in [0.1, 0.15) is 11.6 Å². The van der Waals surface area contributed by atoms with Gasteiger partial charge in [0.1, 0.15) is 16.9 Å². The number of rotatable bonds is 2. The van der Waals surface area contributed by atoms with Crippen LogP contribution in [0.4, 0.5) is 10.7 Å². The lowest BCUT2D eigenvalue weighted by Crippen LogP contribution is -2.29. The zero-order valence-corrected chi connectivity index (χ0v) is 27.2. The first-order chi connectivity index (χ1) is 24.3. The van der Waals surface area contributed by atoms with E-state index in [2.05, 4.69) is 172 Å². The summed E-state index contributed by atoms with van der Waals surface area (Å²) in [5.41, 5.74) is 8.11. The largest absolute Gasteiger partial charge is 0.369 e. The van der Waals surface area contributed by atoms with Gasteiger partial charge in [-0.2, -0.15) is 0 Å². The maximum Gasteiger partial charge on any atom is 0.142 e. The number of fused-ring (bicyclic) bond motifs is 10. The Kier molecular flexibility index (Phi) is 5.57. The molecule has 4 heterocycles. The van der Waals surface area contributed by atoms with Crippen LogP contribution < -0.4 is 5.32 Å². The summed E-state index contributed by atoms with van der Waals surface area (Å²) in [6.45, 7) is 0. The van der Waals surface area contributed by atoms with Gasteiger partial charge in [-0.1, -0.05) is 109 Å². The number of aromatic nitrogens is 2. The summed E-state index contributed by atoms with van der Waals surface area (Å²) in [5, 5.41) is 13.7. The summed E-state index contributed by atoms with van der Waals surface area (Å²) in [5.74, 6) is 0.974. The van der Waals surface area contributed by atoms with Crippen molar-refractivity contribution in [3.8, 4) is 5.69 Å². The van der Waals surface area contributed by atoms with E-state index < -0.39 is 0 Å². The summed E-state index contributed by atoms with van der Waals surface area (Å²) < 4.78 is 6.03. The van der Waals surface area contributed by atoms with Crippen molar-refractivity contribution in [3.63, 3.8) is 0 Å². The minimum absolute atomic E-state index is 0.206. The Labute approximate surface area is 285 Å². The van der Waals surface area contributed by atoms with E-state index in [9.17, 15) is 0 Å². The average molecular weight is 645 g/mol. The van der Waals surface area contributed by atoms with Crippen LogP contribution in [0.5, 0.6) is 0 Å². The summed E-state index contributed by atoms with van der Waals surface area (Å²) in [7, 11) is 0. The first-order valence-electron chi connectivity index (χ1n) is 16.7. The normalized spacial score (nSPS) is 14.6. The Morgan fingerprint density at radius 2 is 1.10 bits per heavy atom. The second-order valence-corrected chi connectivity index (χ2v) is 13.9. The molecule has 1 aliphatic heterocycles. The van der Waals surface area contributed by atoms with Gasteiger partial charge >= 0.3 is 0 Å². The number of aliphatic imine (C=N–C) groups is 1. The number of benzene rings is 7. The fraction of sp³-hybridized carbons (Fsp3) is 0.0227. The molecule has 5 heteroatoms. The van der Waals surface area contributed by atoms with E-state index in [-0.39, 0.29) is 6.04 Å². The van der Waals surface area contributed by atoms with Crippen molar-refractivity contribution in [2.24, 2.45) is 4.99 Å². The van der Waals surface area contributed by atoms with Gasteiger partial charge in [-0.3, -0.25) is 4.57 Å². The molecule has 1 N–H and O–H groups in total. The van der Waals surface area contributed by atoms with Gasteiger partial charge in [0.05, 0.1) is 27.8 Å². The minimum atomic E-state index is -0.206. The lowest BCUT2D eigenvalue weighted by molar-refractivity contribution is 0.970. The number of hydrogen-bond acceptors (Lipinski definition) is 3. The number of nitrogens with zero attached hydrogens (tertiary/aromatic N) is 3. The Morgan fingerprint density at radius 1 is 0.490 bits per heavy atom. The highest BCUT2D eigenvalue weighted by molar-refractivity contribution is 7.23. The number of thiophene rings is 1. The summed E-state index contributed by atoms with van der Waals surface area (Å²) in [4.78, 5) is 5.60. The lowest BCUT2D eigenvalue weighted by Gasteiger charge is -2.28. The van der Waals surface area contributed by atoms with Crippen LogP contribution in [0, 0.1) is 0 Å². The van der Waals surface area contributed by atoms with Crippen LogP contribution in [0.25, 0.3) is 70.2 Å². The molecule has 7 aromatic carbocycles. The van der Waals surface area contributed by atoms with Crippen LogP contribution in [0.15, 0.2) is 163 Å². The third-order valence-electron chi connectivity index (χ3n) is 10.2. The molecule has 0 spiro atoms. The van der Waals surface area contributed by atoms with Crippen molar-refractivity contribution in [2.45, 2.75) is 6.04 Å². The molecule has 1 unspecified atom stereocenters. The van der Waals surface area contributed by atoms with Crippen molar-refractivity contribution >= 4 is 92.3 Å². The van der Waals surface area contributed by atoms with Gasteiger partial charge in [-0.25, -0.2) is 4.99 Å². The molecular weight excluding hydrogens is 617 g/mol. The fourth-order valence-electron chi connectivity index (χ4n) is 7.96. The van der Waals surface area contributed by atoms with E-state index in [1.165, 1.54) is 59.0 Å². The molecule has 0 fully saturated rings. The number of hydrogen-bond donors (Lipinski definition) is 1. The van der Waals surface area contributed by atoms with Crippen LogP contribution in [0.2, 0.25) is 0 Å². The maximum atomic E-state index is 5.60. The van der Waals surface area contributed by atoms with Crippen molar-refractivity contribution in [3.05, 3.63) is 163 Å². The Balaban J connectivity index is 1.22. The van der Waals surface area contributed by atoms with Crippen molar-refractivity contribution in [1.29, 1.82) is 0 Å². The molecule has 0 bridgehead atoms. The second-order valence-electron chi connectivity index (χ2n) is 12.9. The van der Waals surface area contributed by atoms with Crippen LogP contribution >= 0.6 is 11.3 Å². The summed E-state index contributed by atoms with van der Waals surface area (Å²) in [6.07, 6.45) is 0. The molecule has 49 heavy (non-hydrogen) atoms. The van der Waals surface area contributed by atoms with Gasteiger partial charge in [0.25, 0.3) is 0 Å². The summed E-state index contributed by atoms with van der Waals surface area (Å²) >= 11 is 1.75. The molecular formula is C44H28N4S. The van der Waals surface area contributed by atoms with E-state index in [4.69, 9.17) is 4.99 Å². The van der Waals surface area contributed by atoms with Crippen LogP contribution in [-0.2, 0) is 0 Å². The topological polar surface area (TPSA) is 34.2 Å². The van der Waals surface area contributed by atoms with Crippen molar-refractivity contribution < 1.29 is 0 Å². The van der Waals surface area contributed by atoms with Crippen LogP contribution in [-0.4, -0.2) is 15.0 Å². The van der Waals surface area contributed by atoms with E-state index in [1.54, 1.807) is 11.3 Å². The monoisotopic (exact) mass is 644 g/mol. The molecule has 0 radical (unpaired) electrons. The SMILES string of the molecule is c1ccc(-n2c3ccccc3c3ccc(C4Nc5c(sc6ccccc56)N=C4n4c5ccccc5c5cc6ccccc6cc54)cc32)cc1. The van der Waals surface area contributed by atoms with E-state index in [0.29, 0.717) is 0 Å². The lowest BCUT2D eigenvalue weighted by atomic mass is 10.0. The van der Waals surface area contributed by atoms with Gasteiger partial charge in [0.2, 0.25) is 0 Å². The Bertz CT molecular complexity index is 2980. The summed E-state index contributed by atoms with van der Waals surface area (Å²) in [6, 6.07) is 56.9. The second kappa shape index (κ2) is 10.2. The molecule has 1 aliphatic rings. The molecule has 1 atom stereocenters. The first kappa shape index (κ1) is 26.9. The zero-order valence-electron chi connectivity index (χ0n) is 26.3. The minimum Gasteiger partial charge on any atom is -0.369 e. The Hall–Kier alpha value is -6.17. The maximum absolute atomic E-state index is 5.60. The molecule has 11 rings (SSSR count). The fourth-order valence-corrected chi connectivity index (χ4v) is 9.01. The Morgan fingerprint density at radius 3 is 1.92 bits per heavy atom. The molecule has 0 aliphatic carbocycles. The number of para-hydroxylation sites is 3. The average Bonchev–Trinajstić information content (AvgIpc) is 3.80. The molecule has 10 aromatic rings. The van der Waals surface area contributed by atoms with E-state index in [0.717, 1.165) is 33.2 Å². The smallest absolute Gasteiger partial charge is 0.142 e. The molecule has 0 saturated carbocycles. The van der Waals surface area contributed by atoms with Crippen molar-refractivity contribution in [1.82, 2.24) is 9.13 Å². The van der Waals surface area contributed by atoms with Gasteiger partial charge in [0, 0.05) is 37.3 Å². The quantitative estimate of drug-likeness (QED) is 0.200. The number of anilines is 1. The highest BCUT2D eigenvalue weighted by Crippen LogP contribution is 2.48. The van der Waals surface area contributed by atoms with Gasteiger partial charge in [0.15, 0.2) is 0 Å². The van der Waals surface area contributed by atoms with Gasteiger partial charge in [-0.15, -0.1) is 11.3 Å². The number of nitrogens with one attached hydrogen (secondary N) is 1. The van der Waals surface area contributed by atoms with Gasteiger partial charge in [-0.05, 0) is 64.9 Å². The highest BCUT2D eigenvalue weighted by Gasteiger charge is 2.31. The molecule has 0 saturated heterocycles. The van der Waals surface area contributed by atoms with Crippen molar-refractivity contribution in [2.75, 3.05) is 5.32 Å². The first-order valence-corrected chi connectivity index (χ1v) is 17.5. The molecule has 4 nitrogen and oxygen atoms in total. The standard InChI is InChI=1S/C44H28N4S/c1-2-14-30(15-3-1)47-36-19-9-6-16-31(36)33-23-22-29(26-38(33)47)41-43(46-44-42(45-41)34-18-8-11-21-40(34)49-44)48-37-20-10-7-17-32(37)35-24-27-12-4-5-13-28(27)25-39(35)48/h1-26,41,45H. The third-order valence-corrected chi connectivity index (χ3v) is 11.2. The molecule has 3 aromatic heterocycles. The zero-order chi connectivity index (χ0) is 32.1. The predicted octanol–water partition coefficient (Wildman–Crippen LogP) is 12.0. The predicted molar refractivity (Wildman–Crippen MR) is 208 cm³/mol.